The van der Waals surface area contributed by atoms with Crippen LogP contribution in [0.4, 0.5) is 17.1 Å². The molecule has 0 saturated carbocycles. The normalized spacial score (nSPS) is 13.3. The van der Waals surface area contributed by atoms with Crippen molar-refractivity contribution in [3.63, 3.8) is 0 Å². The molecule has 214 valence electrons. The Morgan fingerprint density at radius 1 is 0.489 bits per heavy atom. The van der Waals surface area contributed by atoms with Crippen molar-refractivity contribution in [1.29, 1.82) is 0 Å². The minimum absolute atomic E-state index is 0.0907. The molecule has 7 aromatic carbocycles. The Morgan fingerprint density at radius 2 is 1.13 bits per heavy atom. The summed E-state index contributed by atoms with van der Waals surface area (Å²) in [7, 11) is 0. The van der Waals surface area contributed by atoms with Gasteiger partial charge in [0.1, 0.15) is 0 Å². The number of fused-ring (bicyclic) bond motifs is 7. The smallest absolute Gasteiger partial charge is 0.0555 e. The van der Waals surface area contributed by atoms with Gasteiger partial charge in [-0.05, 0) is 69.4 Å². The predicted octanol–water partition coefficient (Wildman–Crippen LogP) is 12.7. The van der Waals surface area contributed by atoms with Crippen molar-refractivity contribution < 1.29 is 0 Å². The standard InChI is InChI=1S/C43H31NS/c1-43(2)34-18-8-5-16-32(34)41-35(43)19-11-21-37(41)44(38-22-12-24-40-42(38)33-17-7-10-23-39(33)45-40)36-20-9-6-15-31(36)30-26-25-28-13-3-4-14-29(28)27-30/h3-27H,1-2H3. The van der Waals surface area contributed by atoms with E-state index in [9.17, 15) is 0 Å². The summed E-state index contributed by atoms with van der Waals surface area (Å²) in [6, 6.07) is 55.9. The number of thiophene rings is 1. The molecule has 1 heterocycles. The summed E-state index contributed by atoms with van der Waals surface area (Å²) in [5.74, 6) is 0. The first-order valence-electron chi connectivity index (χ1n) is 15.6. The van der Waals surface area contributed by atoms with Crippen molar-refractivity contribution in [2.75, 3.05) is 4.90 Å². The molecular weight excluding hydrogens is 563 g/mol. The second-order valence-corrected chi connectivity index (χ2v) is 13.6. The summed E-state index contributed by atoms with van der Waals surface area (Å²) in [4.78, 5) is 2.54. The van der Waals surface area contributed by atoms with Crippen molar-refractivity contribution in [3.05, 3.63) is 163 Å². The summed E-state index contributed by atoms with van der Waals surface area (Å²) in [6.45, 7) is 4.73. The molecule has 2 heteroatoms. The van der Waals surface area contributed by atoms with Crippen LogP contribution in [0.1, 0.15) is 25.0 Å². The average molecular weight is 594 g/mol. The molecule has 0 spiro atoms. The first-order valence-corrected chi connectivity index (χ1v) is 16.4. The first kappa shape index (κ1) is 26.2. The molecule has 0 fully saturated rings. The summed E-state index contributed by atoms with van der Waals surface area (Å²) in [5.41, 5.74) is 11.3. The van der Waals surface area contributed by atoms with Crippen LogP contribution in [0.2, 0.25) is 0 Å². The fourth-order valence-corrected chi connectivity index (χ4v) is 8.65. The number of anilines is 3. The van der Waals surface area contributed by atoms with Crippen LogP contribution in [0.5, 0.6) is 0 Å². The third-order valence-electron chi connectivity index (χ3n) is 9.65. The fraction of sp³-hybridized carbons (Fsp3) is 0.0698. The lowest BCUT2D eigenvalue weighted by molar-refractivity contribution is 0.660. The minimum Gasteiger partial charge on any atom is -0.309 e. The zero-order chi connectivity index (χ0) is 30.1. The minimum atomic E-state index is -0.0907. The predicted molar refractivity (Wildman–Crippen MR) is 195 cm³/mol. The molecule has 1 aromatic heterocycles. The van der Waals surface area contributed by atoms with E-state index in [1.807, 2.05) is 11.3 Å². The van der Waals surface area contributed by atoms with Gasteiger partial charge in [0.05, 0.1) is 17.1 Å². The summed E-state index contributed by atoms with van der Waals surface area (Å²) in [6.07, 6.45) is 0. The van der Waals surface area contributed by atoms with Gasteiger partial charge in [-0.25, -0.2) is 0 Å². The van der Waals surface area contributed by atoms with E-state index in [0.29, 0.717) is 0 Å². The van der Waals surface area contributed by atoms with Gasteiger partial charge in [0.25, 0.3) is 0 Å². The highest BCUT2D eigenvalue weighted by molar-refractivity contribution is 7.26. The molecule has 0 atom stereocenters. The highest BCUT2D eigenvalue weighted by Gasteiger charge is 2.38. The molecule has 0 unspecified atom stereocenters. The van der Waals surface area contributed by atoms with Gasteiger partial charge in [-0.15, -0.1) is 11.3 Å². The molecule has 9 rings (SSSR count). The molecule has 8 aromatic rings. The van der Waals surface area contributed by atoms with Gasteiger partial charge in [0.15, 0.2) is 0 Å². The Labute approximate surface area is 267 Å². The molecule has 1 aliphatic rings. The maximum atomic E-state index is 2.54. The third kappa shape index (κ3) is 3.92. The van der Waals surface area contributed by atoms with Crippen molar-refractivity contribution in [2.24, 2.45) is 0 Å². The molecule has 0 N–H and O–H groups in total. The largest absolute Gasteiger partial charge is 0.309 e. The van der Waals surface area contributed by atoms with Gasteiger partial charge in [0, 0.05) is 36.7 Å². The van der Waals surface area contributed by atoms with Gasteiger partial charge in [-0.3, -0.25) is 0 Å². The lowest BCUT2D eigenvalue weighted by atomic mass is 9.82. The van der Waals surface area contributed by atoms with E-state index in [1.165, 1.54) is 81.4 Å². The maximum Gasteiger partial charge on any atom is 0.0555 e. The summed E-state index contributed by atoms with van der Waals surface area (Å²) < 4.78 is 2.61. The first-order chi connectivity index (χ1) is 22.1. The summed E-state index contributed by atoms with van der Waals surface area (Å²) >= 11 is 1.87. The van der Waals surface area contributed by atoms with Crippen molar-refractivity contribution in [2.45, 2.75) is 19.3 Å². The summed E-state index contributed by atoms with van der Waals surface area (Å²) in [5, 5.41) is 5.10. The molecule has 1 nitrogen and oxygen atoms in total. The molecule has 0 amide bonds. The highest BCUT2D eigenvalue weighted by Crippen LogP contribution is 2.56. The molecule has 0 aliphatic heterocycles. The van der Waals surface area contributed by atoms with Crippen LogP contribution in [-0.2, 0) is 5.41 Å². The van der Waals surface area contributed by atoms with Gasteiger partial charge < -0.3 is 4.90 Å². The SMILES string of the molecule is CC1(C)c2ccccc2-c2c(N(c3ccccc3-c3ccc4ccccc4c3)c3cccc4sc5ccccc5c34)cccc21. The van der Waals surface area contributed by atoms with Crippen LogP contribution in [0.15, 0.2) is 152 Å². The number of nitrogens with zero attached hydrogens (tertiary/aromatic N) is 1. The second-order valence-electron chi connectivity index (χ2n) is 12.5. The van der Waals surface area contributed by atoms with E-state index < -0.39 is 0 Å². The number of rotatable bonds is 4. The van der Waals surface area contributed by atoms with Crippen molar-refractivity contribution in [1.82, 2.24) is 0 Å². The quantitative estimate of drug-likeness (QED) is 0.196. The Bertz CT molecular complexity index is 2430. The van der Waals surface area contributed by atoms with E-state index in [4.69, 9.17) is 0 Å². The Hall–Kier alpha value is -5.18. The number of para-hydroxylation sites is 1. The topological polar surface area (TPSA) is 3.24 Å². The molecule has 1 aliphatic carbocycles. The molecule has 0 bridgehead atoms. The van der Waals surface area contributed by atoms with Gasteiger partial charge in [-0.1, -0.05) is 129 Å². The van der Waals surface area contributed by atoms with Crippen LogP contribution < -0.4 is 4.90 Å². The number of benzene rings is 7. The van der Waals surface area contributed by atoms with E-state index >= 15 is 0 Å². The molecule has 0 radical (unpaired) electrons. The van der Waals surface area contributed by atoms with Crippen LogP contribution in [0.25, 0.3) is 53.2 Å². The van der Waals surface area contributed by atoms with Crippen molar-refractivity contribution >= 4 is 59.3 Å². The van der Waals surface area contributed by atoms with Crippen LogP contribution in [-0.4, -0.2) is 0 Å². The lowest BCUT2D eigenvalue weighted by Gasteiger charge is -2.31. The maximum absolute atomic E-state index is 2.54. The van der Waals surface area contributed by atoms with Gasteiger partial charge >= 0.3 is 0 Å². The van der Waals surface area contributed by atoms with Crippen LogP contribution >= 0.6 is 11.3 Å². The number of hydrogen-bond donors (Lipinski definition) is 0. The average Bonchev–Trinajstić information content (AvgIpc) is 3.58. The Kier molecular flexibility index (Phi) is 5.78. The zero-order valence-electron chi connectivity index (χ0n) is 25.3. The van der Waals surface area contributed by atoms with E-state index in [2.05, 4.69) is 170 Å². The zero-order valence-corrected chi connectivity index (χ0v) is 26.1. The highest BCUT2D eigenvalue weighted by atomic mass is 32.1. The second kappa shape index (κ2) is 9.92. The fourth-order valence-electron chi connectivity index (χ4n) is 7.52. The van der Waals surface area contributed by atoms with E-state index in [-0.39, 0.29) is 5.41 Å². The molecular formula is C43H31NS. The van der Waals surface area contributed by atoms with Gasteiger partial charge in [-0.2, -0.15) is 0 Å². The number of hydrogen-bond acceptors (Lipinski definition) is 2. The third-order valence-corrected chi connectivity index (χ3v) is 10.8. The Morgan fingerprint density at radius 3 is 2.04 bits per heavy atom. The van der Waals surface area contributed by atoms with Gasteiger partial charge in [0.2, 0.25) is 0 Å². The van der Waals surface area contributed by atoms with E-state index in [1.54, 1.807) is 0 Å². The lowest BCUT2D eigenvalue weighted by Crippen LogP contribution is -2.16. The van der Waals surface area contributed by atoms with E-state index in [0.717, 1.165) is 0 Å². The molecule has 0 saturated heterocycles. The monoisotopic (exact) mass is 593 g/mol. The Balaban J connectivity index is 1.39. The van der Waals surface area contributed by atoms with Crippen LogP contribution in [0.3, 0.4) is 0 Å². The molecule has 45 heavy (non-hydrogen) atoms. The van der Waals surface area contributed by atoms with Crippen LogP contribution in [0, 0.1) is 0 Å². The van der Waals surface area contributed by atoms with Crippen molar-refractivity contribution in [3.8, 4) is 22.3 Å².